The summed E-state index contributed by atoms with van der Waals surface area (Å²) in [7, 11) is 0. The fraction of sp³-hybridized carbons (Fsp3) is 0.875. The maximum absolute atomic E-state index is 8.47. The first-order valence-electron chi connectivity index (χ1n) is 3.99. The van der Waals surface area contributed by atoms with Crippen molar-refractivity contribution in [2.24, 2.45) is 5.16 Å². The van der Waals surface area contributed by atoms with Gasteiger partial charge in [0.15, 0.2) is 0 Å². The maximum atomic E-state index is 8.47. The van der Waals surface area contributed by atoms with Gasteiger partial charge in [-0.2, -0.15) is 0 Å². The summed E-state index contributed by atoms with van der Waals surface area (Å²) in [5, 5.41) is 11.6. The molecule has 11 heavy (non-hydrogen) atoms. The van der Waals surface area contributed by atoms with Gasteiger partial charge in [-0.15, -0.1) is 0 Å². The average Bonchev–Trinajstić information content (AvgIpc) is 2.66. The highest BCUT2D eigenvalue weighted by molar-refractivity contribution is 5.82. The highest BCUT2D eigenvalue weighted by Crippen LogP contribution is 2.25. The van der Waals surface area contributed by atoms with E-state index < -0.39 is 0 Å². The molecule has 0 unspecified atom stereocenters. The monoisotopic (exact) mass is 156 g/mol. The lowest BCUT2D eigenvalue weighted by Gasteiger charge is -2.25. The van der Waals surface area contributed by atoms with Gasteiger partial charge in [0.1, 0.15) is 0 Å². The van der Waals surface area contributed by atoms with Crippen LogP contribution < -0.4 is 0 Å². The topological polar surface area (TPSA) is 35.6 Å². The zero-order valence-electron chi connectivity index (χ0n) is 7.46. The predicted molar refractivity (Wildman–Crippen MR) is 45.2 cm³/mol. The molecule has 1 N–H and O–H groups in total. The Hall–Kier alpha value is -0.570. The van der Waals surface area contributed by atoms with E-state index in [1.54, 1.807) is 0 Å². The van der Waals surface area contributed by atoms with Gasteiger partial charge >= 0.3 is 0 Å². The minimum absolute atomic E-state index is 0.177. The third-order valence-electron chi connectivity index (χ3n) is 2.16. The second-order valence-electron chi connectivity index (χ2n) is 3.81. The minimum atomic E-state index is 0.177. The molecule has 3 nitrogen and oxygen atoms in total. The summed E-state index contributed by atoms with van der Waals surface area (Å²) >= 11 is 0. The average molecular weight is 156 g/mol. The zero-order chi connectivity index (χ0) is 8.48. The summed E-state index contributed by atoms with van der Waals surface area (Å²) in [6.07, 6.45) is 0.851. The molecule has 0 atom stereocenters. The van der Waals surface area contributed by atoms with Gasteiger partial charge in [-0.25, -0.2) is 0 Å². The molecule has 1 fully saturated rings. The van der Waals surface area contributed by atoms with E-state index in [1.165, 1.54) is 13.1 Å². The summed E-state index contributed by atoms with van der Waals surface area (Å²) in [5.41, 5.74) is 0.984. The van der Waals surface area contributed by atoms with Crippen molar-refractivity contribution in [3.05, 3.63) is 0 Å². The lowest BCUT2D eigenvalue weighted by atomic mass is 9.98. The van der Waals surface area contributed by atoms with Crippen LogP contribution in [0.15, 0.2) is 5.16 Å². The molecule has 0 saturated carbocycles. The van der Waals surface area contributed by atoms with Crippen LogP contribution in [0, 0.1) is 0 Å². The zero-order valence-corrected chi connectivity index (χ0v) is 7.46. The Balaban J connectivity index is 2.45. The Kier molecular flexibility index (Phi) is 2.18. The Morgan fingerprint density at radius 2 is 2.09 bits per heavy atom. The molecule has 64 valence electrons. The molecule has 0 amide bonds. The molecule has 0 aromatic heterocycles. The lowest BCUT2D eigenvalue weighted by molar-refractivity contribution is 0.279. The lowest BCUT2D eigenvalue weighted by Crippen LogP contribution is -2.32. The molecular weight excluding hydrogens is 140 g/mol. The SMILES string of the molecule is CC(CC(C)(C)N1CC1)=NO. The van der Waals surface area contributed by atoms with Crippen molar-refractivity contribution >= 4 is 5.71 Å². The Bertz CT molecular complexity index is 171. The second kappa shape index (κ2) is 2.81. The molecule has 1 aliphatic heterocycles. The van der Waals surface area contributed by atoms with Gasteiger partial charge in [0.2, 0.25) is 0 Å². The van der Waals surface area contributed by atoms with Crippen molar-refractivity contribution < 1.29 is 5.21 Å². The third kappa shape index (κ3) is 2.19. The molecule has 0 aromatic carbocycles. The smallest absolute Gasteiger partial charge is 0.0558 e. The van der Waals surface area contributed by atoms with E-state index in [-0.39, 0.29) is 5.54 Å². The van der Waals surface area contributed by atoms with Gasteiger partial charge in [-0.3, -0.25) is 4.90 Å². The third-order valence-corrected chi connectivity index (χ3v) is 2.16. The summed E-state index contributed by atoms with van der Waals surface area (Å²) in [6, 6.07) is 0. The van der Waals surface area contributed by atoms with Crippen LogP contribution >= 0.6 is 0 Å². The summed E-state index contributed by atoms with van der Waals surface area (Å²) in [6.45, 7) is 8.58. The largest absolute Gasteiger partial charge is 0.411 e. The van der Waals surface area contributed by atoms with E-state index in [9.17, 15) is 0 Å². The van der Waals surface area contributed by atoms with Crippen LogP contribution in [0.1, 0.15) is 27.2 Å². The van der Waals surface area contributed by atoms with Crippen LogP contribution in [-0.4, -0.2) is 34.4 Å². The highest BCUT2D eigenvalue weighted by atomic mass is 16.4. The molecule has 0 spiro atoms. The van der Waals surface area contributed by atoms with Gasteiger partial charge in [-0.1, -0.05) is 5.16 Å². The van der Waals surface area contributed by atoms with Crippen LogP contribution in [0.2, 0.25) is 0 Å². The summed E-state index contributed by atoms with van der Waals surface area (Å²) in [4.78, 5) is 2.36. The standard InChI is InChI=1S/C8H16N2O/c1-7(9-11)6-8(2,3)10-4-5-10/h11H,4-6H2,1-3H3. The molecular formula is C8H16N2O. The molecule has 1 heterocycles. The number of hydrogen-bond donors (Lipinski definition) is 1. The molecule has 1 aliphatic rings. The fourth-order valence-electron chi connectivity index (χ4n) is 1.43. The molecule has 1 rings (SSSR count). The maximum Gasteiger partial charge on any atom is 0.0558 e. The van der Waals surface area contributed by atoms with Crippen LogP contribution in [0.3, 0.4) is 0 Å². The summed E-state index contributed by atoms with van der Waals surface area (Å²) in [5.74, 6) is 0. The van der Waals surface area contributed by atoms with Crippen LogP contribution in [0.5, 0.6) is 0 Å². The van der Waals surface area contributed by atoms with Crippen molar-refractivity contribution in [3.8, 4) is 0 Å². The van der Waals surface area contributed by atoms with Crippen LogP contribution in [0.4, 0.5) is 0 Å². The van der Waals surface area contributed by atoms with Gasteiger partial charge in [-0.05, 0) is 20.8 Å². The molecule has 0 bridgehead atoms. The van der Waals surface area contributed by atoms with Crippen LogP contribution in [-0.2, 0) is 0 Å². The highest BCUT2D eigenvalue weighted by Gasteiger charge is 2.34. The van der Waals surface area contributed by atoms with Crippen molar-refractivity contribution in [3.63, 3.8) is 0 Å². The second-order valence-corrected chi connectivity index (χ2v) is 3.81. The van der Waals surface area contributed by atoms with Gasteiger partial charge in [0, 0.05) is 25.0 Å². The number of nitrogens with zero attached hydrogens (tertiary/aromatic N) is 2. The first-order valence-corrected chi connectivity index (χ1v) is 3.99. The van der Waals surface area contributed by atoms with Crippen LogP contribution in [0.25, 0.3) is 0 Å². The molecule has 0 radical (unpaired) electrons. The first kappa shape index (κ1) is 8.53. The molecule has 3 heteroatoms. The van der Waals surface area contributed by atoms with E-state index in [4.69, 9.17) is 5.21 Å². The van der Waals surface area contributed by atoms with Crippen molar-refractivity contribution in [1.82, 2.24) is 4.90 Å². The molecule has 0 aromatic rings. The quantitative estimate of drug-likeness (QED) is 0.289. The number of rotatable bonds is 3. The normalized spacial score (nSPS) is 20.5. The van der Waals surface area contributed by atoms with Gasteiger partial charge in [0.05, 0.1) is 5.71 Å². The van der Waals surface area contributed by atoms with Crippen molar-refractivity contribution in [1.29, 1.82) is 0 Å². The summed E-state index contributed by atoms with van der Waals surface area (Å²) < 4.78 is 0. The van der Waals surface area contributed by atoms with Crippen molar-refractivity contribution in [2.75, 3.05) is 13.1 Å². The van der Waals surface area contributed by atoms with Gasteiger partial charge < -0.3 is 5.21 Å². The Labute approximate surface area is 67.7 Å². The fourth-order valence-corrected chi connectivity index (χ4v) is 1.43. The van der Waals surface area contributed by atoms with E-state index in [2.05, 4.69) is 23.9 Å². The van der Waals surface area contributed by atoms with E-state index in [0.29, 0.717) is 0 Å². The first-order chi connectivity index (χ1) is 5.06. The van der Waals surface area contributed by atoms with E-state index in [0.717, 1.165) is 12.1 Å². The number of hydrogen-bond acceptors (Lipinski definition) is 3. The van der Waals surface area contributed by atoms with E-state index >= 15 is 0 Å². The van der Waals surface area contributed by atoms with Gasteiger partial charge in [0.25, 0.3) is 0 Å². The minimum Gasteiger partial charge on any atom is -0.411 e. The molecule has 1 saturated heterocycles. The van der Waals surface area contributed by atoms with Crippen molar-refractivity contribution in [2.45, 2.75) is 32.7 Å². The van der Waals surface area contributed by atoms with E-state index in [1.807, 2.05) is 6.92 Å². The Morgan fingerprint density at radius 1 is 1.55 bits per heavy atom. The number of oxime groups is 1. The molecule has 0 aliphatic carbocycles. The Morgan fingerprint density at radius 3 is 2.45 bits per heavy atom. The predicted octanol–water partition coefficient (Wildman–Crippen LogP) is 1.32.